The molecular formula is C22H25N5O. The third kappa shape index (κ3) is 2.96. The first kappa shape index (κ1) is 17.0. The summed E-state index contributed by atoms with van der Waals surface area (Å²) in [5.41, 5.74) is 4.58. The highest BCUT2D eigenvalue weighted by Gasteiger charge is 2.19. The molecule has 6 nitrogen and oxygen atoms in total. The maximum absolute atomic E-state index is 5.32. The molecule has 1 fully saturated rings. The van der Waals surface area contributed by atoms with Gasteiger partial charge in [0.15, 0.2) is 0 Å². The van der Waals surface area contributed by atoms with Crippen LogP contribution in [-0.2, 0) is 0 Å². The van der Waals surface area contributed by atoms with E-state index in [2.05, 4.69) is 56.6 Å². The third-order valence-corrected chi connectivity index (χ3v) is 5.66. The number of benzene rings is 2. The molecule has 3 aliphatic rings. The van der Waals surface area contributed by atoms with Crippen molar-refractivity contribution < 1.29 is 4.74 Å². The SMILES string of the molecule is COc1cccc(Nc2[nH][nH]c3c4ccc(N5CCN(C)CC5)cc4cc2-3)c1. The van der Waals surface area contributed by atoms with Gasteiger partial charge < -0.3 is 19.9 Å². The average molecular weight is 375 g/mol. The molecule has 5 rings (SSSR count). The summed E-state index contributed by atoms with van der Waals surface area (Å²) in [6.07, 6.45) is 0. The van der Waals surface area contributed by atoms with Gasteiger partial charge >= 0.3 is 0 Å². The molecule has 3 N–H and O–H groups in total. The quantitative estimate of drug-likeness (QED) is 0.502. The summed E-state index contributed by atoms with van der Waals surface area (Å²) in [5.74, 6) is 1.79. The Bertz CT molecular complexity index is 1070. The fraction of sp³-hybridized carbons (Fsp3) is 0.273. The first-order valence-corrected chi connectivity index (χ1v) is 9.68. The average Bonchev–Trinajstić information content (AvgIpc) is 3.28. The second-order valence-corrected chi connectivity index (χ2v) is 7.48. The van der Waals surface area contributed by atoms with Crippen molar-refractivity contribution in [1.82, 2.24) is 15.1 Å². The van der Waals surface area contributed by atoms with Crippen LogP contribution < -0.4 is 15.0 Å². The maximum atomic E-state index is 5.32. The van der Waals surface area contributed by atoms with Crippen LogP contribution in [0.15, 0.2) is 48.5 Å². The van der Waals surface area contributed by atoms with Crippen molar-refractivity contribution in [3.8, 4) is 17.0 Å². The molecule has 144 valence electrons. The molecule has 0 bridgehead atoms. The van der Waals surface area contributed by atoms with E-state index >= 15 is 0 Å². The number of rotatable bonds is 4. The normalized spacial score (nSPS) is 15.4. The van der Waals surface area contributed by atoms with Crippen molar-refractivity contribution in [1.29, 1.82) is 0 Å². The number of aromatic nitrogens is 2. The summed E-state index contributed by atoms with van der Waals surface area (Å²) in [4.78, 5) is 4.86. The number of H-pyrrole nitrogens is 2. The summed E-state index contributed by atoms with van der Waals surface area (Å²) in [6, 6.07) is 17.0. The van der Waals surface area contributed by atoms with Crippen LogP contribution in [-0.4, -0.2) is 55.4 Å². The Balaban J connectivity index is 1.46. The van der Waals surface area contributed by atoms with Crippen LogP contribution in [0.4, 0.5) is 17.2 Å². The topological polar surface area (TPSA) is 59.3 Å². The highest BCUT2D eigenvalue weighted by atomic mass is 16.5. The van der Waals surface area contributed by atoms with E-state index in [4.69, 9.17) is 4.74 Å². The van der Waals surface area contributed by atoms with Crippen LogP contribution in [0.25, 0.3) is 22.0 Å². The summed E-state index contributed by atoms with van der Waals surface area (Å²) in [6.45, 7) is 4.39. The monoisotopic (exact) mass is 375 g/mol. The molecule has 0 atom stereocenters. The molecule has 6 heteroatoms. The Morgan fingerprint density at radius 2 is 1.82 bits per heavy atom. The molecule has 2 heterocycles. The van der Waals surface area contributed by atoms with Gasteiger partial charge in [0, 0.05) is 54.6 Å². The number of piperazine rings is 1. The van der Waals surface area contributed by atoms with E-state index in [1.54, 1.807) is 7.11 Å². The molecule has 0 spiro atoms. The molecular weight excluding hydrogens is 350 g/mol. The maximum Gasteiger partial charge on any atom is 0.132 e. The van der Waals surface area contributed by atoms with E-state index in [1.807, 2.05) is 24.3 Å². The molecule has 0 saturated carbocycles. The predicted octanol–water partition coefficient (Wildman–Crippen LogP) is 4.10. The number of hydrogen-bond acceptors (Lipinski definition) is 4. The first-order chi connectivity index (χ1) is 13.7. The first-order valence-electron chi connectivity index (χ1n) is 9.68. The van der Waals surface area contributed by atoms with Gasteiger partial charge in [-0.05, 0) is 42.8 Å². The molecule has 0 aromatic heterocycles. The summed E-state index contributed by atoms with van der Waals surface area (Å²) < 4.78 is 5.32. The largest absolute Gasteiger partial charge is 0.497 e. The van der Waals surface area contributed by atoms with Gasteiger partial charge in [0.1, 0.15) is 11.6 Å². The molecule has 0 radical (unpaired) electrons. The molecule has 2 aliphatic heterocycles. The van der Waals surface area contributed by atoms with Crippen molar-refractivity contribution >= 4 is 28.0 Å². The molecule has 1 aliphatic carbocycles. The number of anilines is 3. The Hall–Kier alpha value is -3.12. The number of likely N-dealkylation sites (N-methyl/N-ethyl adjacent to an activating group) is 1. The van der Waals surface area contributed by atoms with Crippen molar-refractivity contribution in [2.24, 2.45) is 0 Å². The zero-order valence-electron chi connectivity index (χ0n) is 16.2. The van der Waals surface area contributed by atoms with E-state index in [0.29, 0.717) is 0 Å². The predicted molar refractivity (Wildman–Crippen MR) is 115 cm³/mol. The van der Waals surface area contributed by atoms with Crippen LogP contribution in [0.3, 0.4) is 0 Å². The van der Waals surface area contributed by atoms with Crippen LogP contribution in [0.5, 0.6) is 5.75 Å². The minimum absolute atomic E-state index is 0.835. The lowest BCUT2D eigenvalue weighted by Crippen LogP contribution is -2.44. The van der Waals surface area contributed by atoms with E-state index < -0.39 is 0 Å². The summed E-state index contributed by atoms with van der Waals surface area (Å²) in [5, 5.41) is 12.6. The van der Waals surface area contributed by atoms with Crippen molar-refractivity contribution in [2.45, 2.75) is 0 Å². The fourth-order valence-corrected chi connectivity index (χ4v) is 4.00. The molecule has 28 heavy (non-hydrogen) atoms. The number of methoxy groups -OCH3 is 1. The van der Waals surface area contributed by atoms with Crippen molar-refractivity contribution in [3.63, 3.8) is 0 Å². The highest BCUT2D eigenvalue weighted by Crippen LogP contribution is 2.39. The minimum atomic E-state index is 0.835. The van der Waals surface area contributed by atoms with E-state index in [0.717, 1.165) is 54.7 Å². The minimum Gasteiger partial charge on any atom is -0.497 e. The van der Waals surface area contributed by atoms with Gasteiger partial charge in [0.2, 0.25) is 0 Å². The van der Waals surface area contributed by atoms with Gasteiger partial charge in [-0.3, -0.25) is 10.2 Å². The Kier molecular flexibility index (Phi) is 4.13. The van der Waals surface area contributed by atoms with Crippen LogP contribution in [0.2, 0.25) is 0 Å². The number of nitrogens with one attached hydrogen (secondary N) is 3. The number of nitrogens with zero attached hydrogens (tertiary/aromatic N) is 2. The molecule has 1 saturated heterocycles. The van der Waals surface area contributed by atoms with Gasteiger partial charge in [-0.1, -0.05) is 12.1 Å². The standard InChI is InChI=1S/C22H25N5O/c1-26-8-10-27(11-9-26)17-6-7-19-15(12-17)13-20-21(19)24-25-22(20)23-16-4-3-5-18(14-16)28-2/h3-7,12-14,23-25H,8-11H2,1-2H3. The van der Waals surface area contributed by atoms with Gasteiger partial charge in [-0.25, -0.2) is 0 Å². The zero-order chi connectivity index (χ0) is 19.1. The lowest BCUT2D eigenvalue weighted by atomic mass is 10.1. The summed E-state index contributed by atoms with van der Waals surface area (Å²) in [7, 11) is 3.87. The van der Waals surface area contributed by atoms with E-state index in [1.165, 1.54) is 16.5 Å². The number of fused-ring (bicyclic) bond motifs is 3. The number of ether oxygens (including phenoxy) is 1. The zero-order valence-corrected chi connectivity index (χ0v) is 16.2. The molecule has 2 aromatic carbocycles. The second-order valence-electron chi connectivity index (χ2n) is 7.48. The van der Waals surface area contributed by atoms with Crippen LogP contribution >= 0.6 is 0 Å². The molecule has 0 amide bonds. The third-order valence-electron chi connectivity index (χ3n) is 5.66. The van der Waals surface area contributed by atoms with Gasteiger partial charge in [-0.15, -0.1) is 0 Å². The summed E-state index contributed by atoms with van der Waals surface area (Å²) >= 11 is 0. The van der Waals surface area contributed by atoms with Crippen LogP contribution in [0, 0.1) is 0 Å². The van der Waals surface area contributed by atoms with E-state index in [9.17, 15) is 0 Å². The lowest BCUT2D eigenvalue weighted by molar-refractivity contribution is 0.313. The number of hydrogen-bond donors (Lipinski definition) is 3. The Morgan fingerprint density at radius 3 is 2.64 bits per heavy atom. The fourth-order valence-electron chi connectivity index (χ4n) is 4.00. The smallest absolute Gasteiger partial charge is 0.132 e. The van der Waals surface area contributed by atoms with E-state index in [-0.39, 0.29) is 0 Å². The Morgan fingerprint density at radius 1 is 0.964 bits per heavy atom. The van der Waals surface area contributed by atoms with Gasteiger partial charge in [-0.2, -0.15) is 0 Å². The highest BCUT2D eigenvalue weighted by molar-refractivity contribution is 6.05. The van der Waals surface area contributed by atoms with Gasteiger partial charge in [0.25, 0.3) is 0 Å². The van der Waals surface area contributed by atoms with Gasteiger partial charge in [0.05, 0.1) is 12.8 Å². The van der Waals surface area contributed by atoms with Crippen molar-refractivity contribution in [2.75, 3.05) is 50.6 Å². The van der Waals surface area contributed by atoms with Crippen LogP contribution in [0.1, 0.15) is 0 Å². The molecule has 2 aromatic rings. The van der Waals surface area contributed by atoms with Crippen molar-refractivity contribution in [3.05, 3.63) is 48.5 Å². The lowest BCUT2D eigenvalue weighted by Gasteiger charge is -2.34. The number of aromatic amines is 2. The Labute approximate surface area is 164 Å². The molecule has 0 unspecified atom stereocenters. The second kappa shape index (κ2) is 6.80.